The highest BCUT2D eigenvalue weighted by molar-refractivity contribution is 6.00. The maximum Gasteiger partial charge on any atom is 0.407 e. The first kappa shape index (κ1) is 28.9. The van der Waals surface area contributed by atoms with Crippen molar-refractivity contribution in [1.82, 2.24) is 10.3 Å². The monoisotopic (exact) mass is 553 g/mol. The molecule has 1 aromatic heterocycles. The number of amides is 3. The fourth-order valence-electron chi connectivity index (χ4n) is 4.07. The van der Waals surface area contributed by atoms with Crippen LogP contribution in [0.1, 0.15) is 29.5 Å². The average molecular weight is 554 g/mol. The van der Waals surface area contributed by atoms with E-state index in [9.17, 15) is 9.59 Å². The van der Waals surface area contributed by atoms with Gasteiger partial charge in [0.2, 0.25) is 0 Å². The highest BCUT2D eigenvalue weighted by Crippen LogP contribution is 2.25. The van der Waals surface area contributed by atoms with Crippen molar-refractivity contribution in [3.05, 3.63) is 102 Å². The lowest BCUT2D eigenvalue weighted by Gasteiger charge is -2.17. The Balaban J connectivity index is 1.24. The van der Waals surface area contributed by atoms with Gasteiger partial charge in [-0.1, -0.05) is 42.5 Å². The van der Waals surface area contributed by atoms with Gasteiger partial charge in [-0.05, 0) is 60.4 Å². The van der Waals surface area contributed by atoms with Crippen LogP contribution in [-0.2, 0) is 22.6 Å². The summed E-state index contributed by atoms with van der Waals surface area (Å²) in [4.78, 5) is 29.0. The molecule has 0 saturated heterocycles. The number of aryl methyl sites for hydroxylation is 1. The molecule has 3 amide bonds. The summed E-state index contributed by atoms with van der Waals surface area (Å²) in [6.07, 6.45) is 2.46. The van der Waals surface area contributed by atoms with Crippen LogP contribution >= 0.6 is 0 Å². The van der Waals surface area contributed by atoms with E-state index in [4.69, 9.17) is 19.2 Å². The van der Waals surface area contributed by atoms with Gasteiger partial charge in [0, 0.05) is 29.9 Å². The fraction of sp³-hybridized carbons (Fsp3) is 0.226. The van der Waals surface area contributed by atoms with E-state index in [0.717, 1.165) is 22.3 Å². The normalized spacial score (nSPS) is 11.2. The number of alkyl carbamates (subject to hydrolysis) is 1. The van der Waals surface area contributed by atoms with Crippen molar-refractivity contribution in [3.8, 4) is 17.4 Å². The molecule has 0 aliphatic rings. The molecule has 0 bridgehead atoms. The number of oxazole rings is 1. The van der Waals surface area contributed by atoms with Crippen molar-refractivity contribution in [2.24, 2.45) is 0 Å². The van der Waals surface area contributed by atoms with Crippen molar-refractivity contribution in [2.45, 2.75) is 39.0 Å². The van der Waals surface area contributed by atoms with Crippen LogP contribution in [0.3, 0.4) is 0 Å². The van der Waals surface area contributed by atoms with E-state index in [0.29, 0.717) is 30.2 Å². The Morgan fingerprint density at radius 3 is 2.51 bits per heavy atom. The van der Waals surface area contributed by atoms with Gasteiger partial charge in [-0.2, -0.15) is 5.26 Å². The Bertz CT molecular complexity index is 1470. The van der Waals surface area contributed by atoms with Crippen LogP contribution in [0, 0.1) is 18.3 Å². The minimum Gasteiger partial charge on any atom is -0.444 e. The zero-order chi connectivity index (χ0) is 28.9. The maximum absolute atomic E-state index is 12.6. The molecule has 0 fully saturated rings. The lowest BCUT2D eigenvalue weighted by atomic mass is 10.1. The number of urea groups is 1. The van der Waals surface area contributed by atoms with E-state index in [-0.39, 0.29) is 19.6 Å². The molecule has 10 nitrogen and oxygen atoms in total. The summed E-state index contributed by atoms with van der Waals surface area (Å²) in [7, 11) is 0. The quantitative estimate of drug-likeness (QED) is 0.184. The van der Waals surface area contributed by atoms with Gasteiger partial charge in [-0.25, -0.2) is 14.6 Å². The van der Waals surface area contributed by atoms with Gasteiger partial charge in [0.25, 0.3) is 0 Å². The first-order valence-corrected chi connectivity index (χ1v) is 13.1. The number of hydrogen-bond acceptors (Lipinski definition) is 7. The lowest BCUT2D eigenvalue weighted by molar-refractivity contribution is 0.0102. The Morgan fingerprint density at radius 1 is 1.00 bits per heavy atom. The molecule has 0 spiro atoms. The Kier molecular flexibility index (Phi) is 10.5. The van der Waals surface area contributed by atoms with Crippen LogP contribution in [0.5, 0.6) is 0 Å². The molecule has 1 heterocycles. The second-order valence-corrected chi connectivity index (χ2v) is 9.25. The average Bonchev–Trinajstić information content (AvgIpc) is 3.50. The largest absolute Gasteiger partial charge is 0.444 e. The minimum atomic E-state index is -0.614. The molecule has 4 aromatic rings. The van der Waals surface area contributed by atoms with Crippen LogP contribution < -0.4 is 16.0 Å². The third-order valence-corrected chi connectivity index (χ3v) is 6.07. The van der Waals surface area contributed by atoms with Gasteiger partial charge in [0.15, 0.2) is 12.2 Å². The molecule has 0 saturated carbocycles. The number of carbonyl (C=O) groups is 2. The number of nitrogens with zero attached hydrogens (tertiary/aromatic N) is 2. The van der Waals surface area contributed by atoms with Crippen molar-refractivity contribution in [2.75, 3.05) is 17.2 Å². The van der Waals surface area contributed by atoms with Crippen LogP contribution in [-0.4, -0.2) is 29.8 Å². The van der Waals surface area contributed by atoms with E-state index in [1.54, 1.807) is 30.5 Å². The molecule has 0 radical (unpaired) electrons. The highest BCUT2D eigenvalue weighted by atomic mass is 16.6. The number of nitrogens with one attached hydrogen (secondary N) is 3. The molecule has 0 aliphatic carbocycles. The Labute approximate surface area is 238 Å². The number of anilines is 2. The molecule has 3 aromatic carbocycles. The van der Waals surface area contributed by atoms with E-state index >= 15 is 0 Å². The second-order valence-electron chi connectivity index (χ2n) is 9.25. The van der Waals surface area contributed by atoms with Gasteiger partial charge in [-0.15, -0.1) is 0 Å². The van der Waals surface area contributed by atoms with Gasteiger partial charge < -0.3 is 29.8 Å². The summed E-state index contributed by atoms with van der Waals surface area (Å²) in [5.41, 5.74) is 4.78. The summed E-state index contributed by atoms with van der Waals surface area (Å²) in [6, 6.07) is 23.9. The van der Waals surface area contributed by atoms with E-state index in [1.165, 1.54) is 6.39 Å². The lowest BCUT2D eigenvalue weighted by Crippen LogP contribution is -2.31. The van der Waals surface area contributed by atoms with Crippen molar-refractivity contribution in [3.63, 3.8) is 0 Å². The second kappa shape index (κ2) is 14.9. The molecule has 41 heavy (non-hydrogen) atoms. The van der Waals surface area contributed by atoms with Crippen LogP contribution in [0.2, 0.25) is 0 Å². The fourth-order valence-corrected chi connectivity index (χ4v) is 4.07. The van der Waals surface area contributed by atoms with Crippen molar-refractivity contribution < 1.29 is 23.5 Å². The zero-order valence-corrected chi connectivity index (χ0v) is 22.6. The number of carbonyl (C=O) groups excluding carboxylic acids is 2. The number of nitriles is 1. The summed E-state index contributed by atoms with van der Waals surface area (Å²) in [6.45, 7) is 2.68. The third kappa shape index (κ3) is 9.23. The molecule has 10 heteroatoms. The minimum absolute atomic E-state index is 0.181. The van der Waals surface area contributed by atoms with Crippen LogP contribution in [0.4, 0.5) is 21.0 Å². The molecule has 4 rings (SSSR count). The van der Waals surface area contributed by atoms with Gasteiger partial charge in [-0.3, -0.25) is 0 Å². The molecule has 1 atom stereocenters. The summed E-state index contributed by atoms with van der Waals surface area (Å²) in [5.74, 6) is 0.655. The van der Waals surface area contributed by atoms with E-state index < -0.39 is 18.2 Å². The standard InChI is InChI=1S/C31H31N5O5/c1-22-15-26(12-13-28(22)29-18-33-21-40-29)36-30(37)35-25-10-5-9-24(16-25)17-34-31(38)41-27(11-6-14-32)20-39-19-23-7-3-2-4-8-23/h2-5,7-10,12-13,15-16,18,21,27H,6,11,17,19-20H2,1H3,(H,34,38)(H2,35,36,37)/t27-/m1/s1. The van der Waals surface area contributed by atoms with E-state index in [1.807, 2.05) is 55.5 Å². The number of rotatable bonds is 12. The summed E-state index contributed by atoms with van der Waals surface area (Å²) in [5, 5.41) is 17.3. The SMILES string of the molecule is Cc1cc(NC(=O)Nc2cccc(CNC(=O)O[C@H](CCC#N)COCc3ccccc3)c2)ccc1-c1cnco1. The summed E-state index contributed by atoms with van der Waals surface area (Å²) < 4.78 is 16.5. The molecule has 210 valence electrons. The Morgan fingerprint density at radius 2 is 1.78 bits per heavy atom. The van der Waals surface area contributed by atoms with Gasteiger partial charge >= 0.3 is 12.1 Å². The topological polar surface area (TPSA) is 139 Å². The van der Waals surface area contributed by atoms with Crippen LogP contribution in [0.15, 0.2) is 89.8 Å². The highest BCUT2D eigenvalue weighted by Gasteiger charge is 2.15. The maximum atomic E-state index is 12.6. The number of hydrogen-bond donors (Lipinski definition) is 3. The molecule has 3 N–H and O–H groups in total. The van der Waals surface area contributed by atoms with Crippen LogP contribution in [0.25, 0.3) is 11.3 Å². The van der Waals surface area contributed by atoms with Gasteiger partial charge in [0.05, 0.1) is 25.5 Å². The summed E-state index contributed by atoms with van der Waals surface area (Å²) >= 11 is 0. The molecular weight excluding hydrogens is 522 g/mol. The predicted octanol–water partition coefficient (Wildman–Crippen LogP) is 6.41. The zero-order valence-electron chi connectivity index (χ0n) is 22.6. The number of aromatic nitrogens is 1. The first-order valence-electron chi connectivity index (χ1n) is 13.1. The Hall–Kier alpha value is -5.14. The molecule has 0 aliphatic heterocycles. The molecular formula is C31H31N5O5. The first-order chi connectivity index (χ1) is 20.0. The van der Waals surface area contributed by atoms with Crippen molar-refractivity contribution in [1.29, 1.82) is 5.26 Å². The number of benzene rings is 3. The van der Waals surface area contributed by atoms with Crippen molar-refractivity contribution >= 4 is 23.5 Å². The predicted molar refractivity (Wildman–Crippen MR) is 154 cm³/mol. The molecule has 0 unspecified atom stereocenters. The number of ether oxygens (including phenoxy) is 2. The van der Waals surface area contributed by atoms with Gasteiger partial charge in [0.1, 0.15) is 6.10 Å². The smallest absolute Gasteiger partial charge is 0.407 e. The van der Waals surface area contributed by atoms with E-state index in [2.05, 4.69) is 27.0 Å². The third-order valence-electron chi connectivity index (χ3n) is 6.07.